The normalized spacial score (nSPS) is 10.6. The number of hydrogen-bond donors (Lipinski definition) is 2. The molecule has 0 aliphatic rings. The van der Waals surface area contributed by atoms with Crippen LogP contribution in [0.25, 0.3) is 0 Å². The third-order valence-electron chi connectivity index (χ3n) is 3.41. The number of H-pyrrole nitrogens is 1. The summed E-state index contributed by atoms with van der Waals surface area (Å²) in [5, 5.41) is 11.1. The first kappa shape index (κ1) is 14.0. The predicted octanol–water partition coefficient (Wildman–Crippen LogP) is 2.67. The molecule has 0 unspecified atom stereocenters. The minimum atomic E-state index is -0.239. The van der Waals surface area contributed by atoms with E-state index in [-0.39, 0.29) is 11.6 Å². The molecule has 110 valence electrons. The first-order chi connectivity index (χ1) is 10.7. The molecule has 0 amide bonds. The van der Waals surface area contributed by atoms with Crippen molar-refractivity contribution in [3.63, 3.8) is 0 Å². The van der Waals surface area contributed by atoms with Crippen molar-refractivity contribution in [1.82, 2.24) is 15.2 Å². The summed E-state index contributed by atoms with van der Waals surface area (Å²) in [6.45, 7) is 1.63. The number of hydrogen-bond acceptors (Lipinski definition) is 4. The van der Waals surface area contributed by atoms with Crippen LogP contribution in [0.4, 0.5) is 5.95 Å². The van der Waals surface area contributed by atoms with Gasteiger partial charge in [-0.25, -0.2) is 0 Å². The van der Waals surface area contributed by atoms with Gasteiger partial charge in [-0.1, -0.05) is 60.7 Å². The summed E-state index contributed by atoms with van der Waals surface area (Å²) in [7, 11) is 0. The molecular weight excluding hydrogens is 276 g/mol. The Balaban J connectivity index is 1.99. The molecule has 22 heavy (non-hydrogen) atoms. The summed E-state index contributed by atoms with van der Waals surface area (Å²) >= 11 is 0. The minimum absolute atomic E-state index is 0.116. The van der Waals surface area contributed by atoms with E-state index in [1.165, 1.54) is 0 Å². The lowest BCUT2D eigenvalue weighted by molar-refractivity contribution is 0.847. The summed E-state index contributed by atoms with van der Waals surface area (Å²) in [5.41, 5.74) is 2.27. The molecule has 2 aromatic carbocycles. The fourth-order valence-electron chi connectivity index (χ4n) is 2.25. The van der Waals surface area contributed by atoms with Crippen molar-refractivity contribution in [2.24, 2.45) is 0 Å². The van der Waals surface area contributed by atoms with Gasteiger partial charge < -0.3 is 5.32 Å². The average Bonchev–Trinajstić information content (AvgIpc) is 2.57. The van der Waals surface area contributed by atoms with E-state index in [4.69, 9.17) is 0 Å². The number of anilines is 1. The molecule has 5 heteroatoms. The fraction of sp³-hybridized carbons (Fsp3) is 0.118. The highest BCUT2D eigenvalue weighted by atomic mass is 16.1. The Bertz CT molecular complexity index is 760. The van der Waals surface area contributed by atoms with E-state index in [0.717, 1.165) is 11.1 Å². The smallest absolute Gasteiger partial charge is 0.273 e. The maximum absolute atomic E-state index is 11.7. The standard InChI is InChI=1S/C17H16N4O/c1-12-16(22)19-17(21-20-12)18-15(13-8-4-2-5-9-13)14-10-6-3-7-11-14/h2-11,15H,1H3,(H2,18,19,21,22). The summed E-state index contributed by atoms with van der Waals surface area (Å²) in [5.74, 6) is 0.355. The first-order valence-electron chi connectivity index (χ1n) is 7.04. The number of aromatic nitrogens is 3. The van der Waals surface area contributed by atoms with E-state index in [2.05, 4.69) is 20.5 Å². The fourth-order valence-corrected chi connectivity index (χ4v) is 2.25. The number of aromatic amines is 1. The van der Waals surface area contributed by atoms with Crippen molar-refractivity contribution in [1.29, 1.82) is 0 Å². The molecule has 1 aromatic heterocycles. The molecule has 0 bridgehead atoms. The van der Waals surface area contributed by atoms with E-state index >= 15 is 0 Å². The Labute approximate surface area is 128 Å². The zero-order valence-corrected chi connectivity index (χ0v) is 12.2. The van der Waals surface area contributed by atoms with Crippen molar-refractivity contribution in [3.05, 3.63) is 87.8 Å². The lowest BCUT2D eigenvalue weighted by atomic mass is 9.99. The molecule has 0 atom stereocenters. The molecule has 0 radical (unpaired) electrons. The highest BCUT2D eigenvalue weighted by molar-refractivity contribution is 5.40. The number of nitrogens with zero attached hydrogens (tertiary/aromatic N) is 2. The number of benzene rings is 2. The van der Waals surface area contributed by atoms with Crippen molar-refractivity contribution in [2.45, 2.75) is 13.0 Å². The van der Waals surface area contributed by atoms with E-state index in [9.17, 15) is 4.79 Å². The Morgan fingerprint density at radius 2 is 1.45 bits per heavy atom. The van der Waals surface area contributed by atoms with Gasteiger partial charge in [-0.3, -0.25) is 9.78 Å². The van der Waals surface area contributed by atoms with E-state index in [1.807, 2.05) is 60.7 Å². The molecule has 0 saturated heterocycles. The SMILES string of the molecule is Cc1nnc(NC(c2ccccc2)c2ccccc2)[nH]c1=O. The second-order valence-corrected chi connectivity index (χ2v) is 4.99. The summed E-state index contributed by atoms with van der Waals surface area (Å²) in [4.78, 5) is 14.4. The van der Waals surface area contributed by atoms with Crippen LogP contribution in [0.1, 0.15) is 22.9 Å². The largest absolute Gasteiger partial charge is 0.344 e. The molecule has 0 saturated carbocycles. The van der Waals surface area contributed by atoms with Crippen molar-refractivity contribution >= 4 is 5.95 Å². The number of rotatable bonds is 4. The molecule has 0 aliphatic carbocycles. The van der Waals surface area contributed by atoms with Gasteiger partial charge in [-0.15, -0.1) is 10.2 Å². The van der Waals surface area contributed by atoms with Crippen LogP contribution in [0.15, 0.2) is 65.5 Å². The maximum Gasteiger partial charge on any atom is 0.273 e. The third kappa shape index (κ3) is 3.03. The van der Waals surface area contributed by atoms with Crippen LogP contribution in [-0.4, -0.2) is 15.2 Å². The van der Waals surface area contributed by atoms with Crippen LogP contribution < -0.4 is 10.9 Å². The van der Waals surface area contributed by atoms with Crippen LogP contribution in [0.5, 0.6) is 0 Å². The quantitative estimate of drug-likeness (QED) is 0.775. The highest BCUT2D eigenvalue weighted by Gasteiger charge is 2.15. The maximum atomic E-state index is 11.7. The van der Waals surface area contributed by atoms with Gasteiger partial charge in [0, 0.05) is 0 Å². The monoisotopic (exact) mass is 292 g/mol. The van der Waals surface area contributed by atoms with E-state index < -0.39 is 0 Å². The van der Waals surface area contributed by atoms with Gasteiger partial charge in [0.05, 0.1) is 6.04 Å². The predicted molar refractivity (Wildman–Crippen MR) is 85.7 cm³/mol. The van der Waals surface area contributed by atoms with Crippen molar-refractivity contribution in [3.8, 4) is 0 Å². The molecule has 0 spiro atoms. The molecule has 0 aliphatic heterocycles. The van der Waals surface area contributed by atoms with Crippen LogP contribution in [0, 0.1) is 6.92 Å². The van der Waals surface area contributed by atoms with Gasteiger partial charge in [-0.2, -0.15) is 0 Å². The van der Waals surface area contributed by atoms with Gasteiger partial charge in [0.2, 0.25) is 5.95 Å². The van der Waals surface area contributed by atoms with Gasteiger partial charge in [0.15, 0.2) is 0 Å². The van der Waals surface area contributed by atoms with Crippen molar-refractivity contribution < 1.29 is 0 Å². The zero-order chi connectivity index (χ0) is 15.4. The lowest BCUT2D eigenvalue weighted by Gasteiger charge is -2.19. The Kier molecular flexibility index (Phi) is 3.96. The summed E-state index contributed by atoms with van der Waals surface area (Å²) in [6.07, 6.45) is 0. The average molecular weight is 292 g/mol. The van der Waals surface area contributed by atoms with Gasteiger partial charge in [-0.05, 0) is 18.1 Å². The number of nitrogens with one attached hydrogen (secondary N) is 2. The van der Waals surface area contributed by atoms with Crippen molar-refractivity contribution in [2.75, 3.05) is 5.32 Å². The van der Waals surface area contributed by atoms with E-state index in [0.29, 0.717) is 11.6 Å². The topological polar surface area (TPSA) is 70.7 Å². The van der Waals surface area contributed by atoms with Crippen LogP contribution in [0.2, 0.25) is 0 Å². The highest BCUT2D eigenvalue weighted by Crippen LogP contribution is 2.24. The van der Waals surface area contributed by atoms with Gasteiger partial charge in [0.25, 0.3) is 5.56 Å². The minimum Gasteiger partial charge on any atom is -0.344 e. The zero-order valence-electron chi connectivity index (χ0n) is 12.2. The first-order valence-corrected chi connectivity index (χ1v) is 7.04. The van der Waals surface area contributed by atoms with E-state index in [1.54, 1.807) is 6.92 Å². The molecule has 1 heterocycles. The molecule has 0 fully saturated rings. The van der Waals surface area contributed by atoms with Crippen LogP contribution in [0.3, 0.4) is 0 Å². The summed E-state index contributed by atoms with van der Waals surface area (Å²) in [6, 6.07) is 19.9. The second kappa shape index (κ2) is 6.22. The molecule has 5 nitrogen and oxygen atoms in total. The van der Waals surface area contributed by atoms with Crippen LogP contribution >= 0.6 is 0 Å². The lowest BCUT2D eigenvalue weighted by Crippen LogP contribution is -2.20. The van der Waals surface area contributed by atoms with Gasteiger partial charge in [0.1, 0.15) is 5.69 Å². The second-order valence-electron chi connectivity index (χ2n) is 4.99. The molecular formula is C17H16N4O. The molecule has 2 N–H and O–H groups in total. The Morgan fingerprint density at radius 1 is 0.909 bits per heavy atom. The molecule has 3 aromatic rings. The number of aryl methyl sites for hydroxylation is 1. The third-order valence-corrected chi connectivity index (χ3v) is 3.41. The molecule has 3 rings (SSSR count). The summed E-state index contributed by atoms with van der Waals surface area (Å²) < 4.78 is 0. The van der Waals surface area contributed by atoms with Gasteiger partial charge >= 0.3 is 0 Å². The Morgan fingerprint density at radius 3 is 1.95 bits per heavy atom. The Hall–Kier alpha value is -2.95. The van der Waals surface area contributed by atoms with Crippen LogP contribution in [-0.2, 0) is 0 Å².